The van der Waals surface area contributed by atoms with Gasteiger partial charge in [0.1, 0.15) is 6.29 Å². The quantitative estimate of drug-likeness (QED) is 0.166. The van der Waals surface area contributed by atoms with Crippen LogP contribution in [0.4, 0.5) is 0 Å². The molecule has 170 valence electrons. The highest BCUT2D eigenvalue weighted by molar-refractivity contribution is 6.75. The first-order chi connectivity index (χ1) is 13.2. The average molecular weight is 449 g/mol. The molecule has 1 atom stereocenters. The van der Waals surface area contributed by atoms with Gasteiger partial charge in [0.2, 0.25) is 0 Å². The molecular formula is C22H52O3Si3. The molecule has 0 aromatic heterocycles. The lowest BCUT2D eigenvalue weighted by Gasteiger charge is -2.40. The Balaban J connectivity index is 5.53. The molecule has 1 unspecified atom stereocenters. The molecule has 0 radical (unpaired) electrons. The highest BCUT2D eigenvalue weighted by atomic mass is 28.4. The maximum atomic E-state index is 6.92. The monoisotopic (exact) mass is 448 g/mol. The van der Waals surface area contributed by atoms with Gasteiger partial charge in [0.15, 0.2) is 25.0 Å². The van der Waals surface area contributed by atoms with Crippen LogP contribution in [0.2, 0.25) is 54.4 Å². The van der Waals surface area contributed by atoms with Gasteiger partial charge in [-0.1, -0.05) is 62.3 Å². The van der Waals surface area contributed by atoms with Crippen molar-refractivity contribution in [1.29, 1.82) is 0 Å². The van der Waals surface area contributed by atoms with Gasteiger partial charge in [0, 0.05) is 12.5 Å². The van der Waals surface area contributed by atoms with Crippen molar-refractivity contribution >= 4 is 25.0 Å². The average Bonchev–Trinajstić information content (AvgIpc) is 2.74. The highest BCUT2D eigenvalue weighted by Crippen LogP contribution is 2.32. The number of hydrogen-bond acceptors (Lipinski definition) is 3. The van der Waals surface area contributed by atoms with Gasteiger partial charge in [-0.15, -0.1) is 0 Å². The largest absolute Gasteiger partial charge is 0.414 e. The summed E-state index contributed by atoms with van der Waals surface area (Å²) >= 11 is 0. The topological polar surface area (TPSA) is 27.7 Å². The maximum absolute atomic E-state index is 6.92. The molecule has 0 heterocycles. The molecule has 28 heavy (non-hydrogen) atoms. The van der Waals surface area contributed by atoms with E-state index in [1.807, 2.05) is 0 Å². The van der Waals surface area contributed by atoms with E-state index in [1.54, 1.807) is 0 Å². The molecule has 0 spiro atoms. The number of rotatable bonds is 17. The summed E-state index contributed by atoms with van der Waals surface area (Å²) in [7, 11) is -5.03. The van der Waals surface area contributed by atoms with E-state index in [0.29, 0.717) is 0 Å². The second kappa shape index (κ2) is 13.8. The van der Waals surface area contributed by atoms with Crippen molar-refractivity contribution in [3.63, 3.8) is 0 Å². The molecule has 0 aromatic carbocycles. The van der Waals surface area contributed by atoms with Crippen molar-refractivity contribution in [2.75, 3.05) is 0 Å². The minimum Gasteiger partial charge on any atom is -0.414 e. The summed E-state index contributed by atoms with van der Waals surface area (Å²) in [6, 6.07) is 10.6. The van der Waals surface area contributed by atoms with Crippen LogP contribution >= 0.6 is 0 Å². The fourth-order valence-corrected chi connectivity index (χ4v) is 12.9. The van der Waals surface area contributed by atoms with Crippen LogP contribution in [-0.4, -0.2) is 37.3 Å². The lowest BCUT2D eigenvalue weighted by molar-refractivity contribution is -0.0412. The standard InChI is InChI=1S/C22H52O3Si3/c1-11-26(12-2,13-3)23-21(10)20-22(24-27(14-4,15-5)16-6)25-28(17-7,18-8)19-9/h21-22H,11-20H2,1-10H3. The van der Waals surface area contributed by atoms with Crippen LogP contribution < -0.4 is 0 Å². The lowest BCUT2D eigenvalue weighted by Crippen LogP contribution is -2.48. The minimum absolute atomic E-state index is 0.0784. The van der Waals surface area contributed by atoms with Gasteiger partial charge < -0.3 is 13.3 Å². The van der Waals surface area contributed by atoms with Gasteiger partial charge >= 0.3 is 0 Å². The maximum Gasteiger partial charge on any atom is 0.195 e. The van der Waals surface area contributed by atoms with Crippen molar-refractivity contribution in [3.05, 3.63) is 0 Å². The third-order valence-electron chi connectivity index (χ3n) is 7.54. The van der Waals surface area contributed by atoms with E-state index in [9.17, 15) is 0 Å². The molecule has 0 aromatic rings. The summed E-state index contributed by atoms with van der Waals surface area (Å²) in [5, 5.41) is 0. The fraction of sp³-hybridized carbons (Fsp3) is 1.00. The lowest BCUT2D eigenvalue weighted by atomic mass is 10.3. The Hall–Kier alpha value is 0.531. The van der Waals surface area contributed by atoms with Crippen molar-refractivity contribution in [3.8, 4) is 0 Å². The summed E-state index contributed by atoms with van der Waals surface area (Å²) in [5.74, 6) is 0. The highest BCUT2D eigenvalue weighted by Gasteiger charge is 2.39. The molecule has 0 amide bonds. The zero-order valence-corrected chi connectivity index (χ0v) is 24.0. The van der Waals surface area contributed by atoms with Gasteiger partial charge in [-0.2, -0.15) is 0 Å². The second-order valence-electron chi connectivity index (χ2n) is 8.56. The SMILES string of the molecule is CC[Si](CC)(CC)OC(C)CC(O[Si](CC)(CC)CC)O[Si](CC)(CC)CC. The third-order valence-corrected chi connectivity index (χ3v) is 21.6. The van der Waals surface area contributed by atoms with E-state index in [1.165, 1.54) is 54.4 Å². The van der Waals surface area contributed by atoms with Crippen molar-refractivity contribution in [2.45, 2.75) is 142 Å². The predicted molar refractivity (Wildman–Crippen MR) is 133 cm³/mol. The second-order valence-corrected chi connectivity index (χ2v) is 22.7. The molecule has 6 heteroatoms. The Morgan fingerprint density at radius 3 is 0.964 bits per heavy atom. The van der Waals surface area contributed by atoms with E-state index in [-0.39, 0.29) is 12.4 Å². The Labute approximate surface area is 180 Å². The zero-order chi connectivity index (χ0) is 21.8. The molecule has 3 nitrogen and oxygen atoms in total. The van der Waals surface area contributed by atoms with Gasteiger partial charge in [0.25, 0.3) is 0 Å². The summed E-state index contributed by atoms with van der Waals surface area (Å²) in [6.07, 6.45) is 1.02. The molecule has 0 saturated carbocycles. The summed E-state index contributed by atoms with van der Waals surface area (Å²) < 4.78 is 20.6. The van der Waals surface area contributed by atoms with Crippen molar-refractivity contribution in [1.82, 2.24) is 0 Å². The van der Waals surface area contributed by atoms with Crippen molar-refractivity contribution in [2.24, 2.45) is 0 Å². The first kappa shape index (κ1) is 28.5. The molecule has 0 bridgehead atoms. The van der Waals surface area contributed by atoms with Crippen LogP contribution in [0.15, 0.2) is 0 Å². The third kappa shape index (κ3) is 7.99. The first-order valence-electron chi connectivity index (χ1n) is 12.3. The molecule has 0 aliphatic carbocycles. The molecule has 0 saturated heterocycles. The molecule has 0 fully saturated rings. The number of hydrogen-bond donors (Lipinski definition) is 0. The van der Waals surface area contributed by atoms with Crippen LogP contribution in [0, 0.1) is 0 Å². The van der Waals surface area contributed by atoms with Gasteiger partial charge in [-0.3, -0.25) is 0 Å². The summed E-state index contributed by atoms with van der Waals surface area (Å²) in [4.78, 5) is 0. The Bertz CT molecular complexity index is 348. The predicted octanol–water partition coefficient (Wildman–Crippen LogP) is 8.16. The normalized spacial score (nSPS) is 14.7. The molecule has 0 rings (SSSR count). The Morgan fingerprint density at radius 2 is 0.714 bits per heavy atom. The van der Waals surface area contributed by atoms with Crippen LogP contribution in [-0.2, 0) is 13.3 Å². The van der Waals surface area contributed by atoms with E-state index < -0.39 is 25.0 Å². The molecule has 0 N–H and O–H groups in total. The van der Waals surface area contributed by atoms with Gasteiger partial charge in [-0.05, 0) is 61.3 Å². The smallest absolute Gasteiger partial charge is 0.195 e. The fourth-order valence-electron chi connectivity index (χ4n) is 4.42. The van der Waals surface area contributed by atoms with Crippen LogP contribution in [0.25, 0.3) is 0 Å². The van der Waals surface area contributed by atoms with E-state index in [2.05, 4.69) is 69.2 Å². The molecule has 0 aliphatic heterocycles. The molecule has 0 aliphatic rings. The summed E-state index contributed by atoms with van der Waals surface area (Å²) in [6.45, 7) is 23.0. The van der Waals surface area contributed by atoms with E-state index >= 15 is 0 Å². The van der Waals surface area contributed by atoms with Gasteiger partial charge in [0.05, 0.1) is 0 Å². The van der Waals surface area contributed by atoms with Crippen LogP contribution in [0.5, 0.6) is 0 Å². The minimum atomic E-state index is -1.72. The van der Waals surface area contributed by atoms with Gasteiger partial charge in [-0.25, -0.2) is 0 Å². The molecular weight excluding hydrogens is 396 g/mol. The zero-order valence-electron chi connectivity index (χ0n) is 21.0. The van der Waals surface area contributed by atoms with Crippen molar-refractivity contribution < 1.29 is 13.3 Å². The Kier molecular flexibility index (Phi) is 14.0. The summed E-state index contributed by atoms with van der Waals surface area (Å²) in [5.41, 5.74) is 0. The van der Waals surface area contributed by atoms with E-state index in [0.717, 1.165) is 6.42 Å². The first-order valence-corrected chi connectivity index (χ1v) is 19.8. The van der Waals surface area contributed by atoms with Crippen LogP contribution in [0.3, 0.4) is 0 Å². The van der Waals surface area contributed by atoms with E-state index in [4.69, 9.17) is 13.3 Å². The Morgan fingerprint density at radius 1 is 0.464 bits per heavy atom. The van der Waals surface area contributed by atoms with Crippen LogP contribution in [0.1, 0.15) is 75.7 Å².